The zero-order chi connectivity index (χ0) is 22.2. The van der Waals surface area contributed by atoms with Crippen molar-refractivity contribution in [2.45, 2.75) is 44.8 Å². The summed E-state index contributed by atoms with van der Waals surface area (Å²) in [4.78, 5) is 4.80. The Labute approximate surface area is 213 Å². The summed E-state index contributed by atoms with van der Waals surface area (Å²) in [7, 11) is 0. The van der Waals surface area contributed by atoms with Crippen LogP contribution in [0.5, 0.6) is 11.5 Å². The highest BCUT2D eigenvalue weighted by Gasteiger charge is 2.34. The Balaban J connectivity index is 0.00000306. The van der Waals surface area contributed by atoms with Crippen LogP contribution in [-0.2, 0) is 11.3 Å². The van der Waals surface area contributed by atoms with E-state index in [2.05, 4.69) is 60.1 Å². The molecule has 0 saturated carbocycles. The van der Waals surface area contributed by atoms with Crippen molar-refractivity contribution < 1.29 is 14.2 Å². The molecule has 1 saturated heterocycles. The number of halogens is 1. The smallest absolute Gasteiger partial charge is 0.231 e. The maximum Gasteiger partial charge on any atom is 0.231 e. The number of benzene rings is 2. The zero-order valence-electron chi connectivity index (χ0n) is 19.4. The minimum Gasteiger partial charge on any atom is -0.454 e. The van der Waals surface area contributed by atoms with Gasteiger partial charge in [-0.1, -0.05) is 36.4 Å². The summed E-state index contributed by atoms with van der Waals surface area (Å²) < 4.78 is 16.6. The standard InChI is InChI=1S/C25H34N4O3.HI/c1-3-26-24(27-16-20-9-10-22-23(15-20)32-18-31-22)28-17-25(11-13-30-14-12-25)29-19(2)21-7-5-4-6-8-21;/h4-10,15,19,29H,3,11-14,16-18H2,1-2H3,(H2,26,27,28);1H. The summed E-state index contributed by atoms with van der Waals surface area (Å²) in [5, 5.41) is 10.8. The highest BCUT2D eigenvalue weighted by Crippen LogP contribution is 2.32. The first-order chi connectivity index (χ1) is 15.7. The van der Waals surface area contributed by atoms with Gasteiger partial charge in [-0.15, -0.1) is 24.0 Å². The number of hydrogen-bond acceptors (Lipinski definition) is 5. The second-order valence-electron chi connectivity index (χ2n) is 8.41. The van der Waals surface area contributed by atoms with Gasteiger partial charge in [0.1, 0.15) is 0 Å². The zero-order valence-corrected chi connectivity index (χ0v) is 21.8. The summed E-state index contributed by atoms with van der Waals surface area (Å²) >= 11 is 0. The lowest BCUT2D eigenvalue weighted by Crippen LogP contribution is -2.58. The van der Waals surface area contributed by atoms with E-state index in [4.69, 9.17) is 19.2 Å². The normalized spacial score (nSPS) is 17.7. The molecule has 180 valence electrons. The van der Waals surface area contributed by atoms with Gasteiger partial charge in [0.25, 0.3) is 0 Å². The average molecular weight is 566 g/mol. The molecule has 1 fully saturated rings. The Kier molecular flexibility index (Phi) is 9.64. The van der Waals surface area contributed by atoms with Crippen molar-refractivity contribution in [1.82, 2.24) is 16.0 Å². The predicted octanol–water partition coefficient (Wildman–Crippen LogP) is 3.99. The lowest BCUT2D eigenvalue weighted by atomic mass is 9.88. The number of hydrogen-bond donors (Lipinski definition) is 3. The van der Waals surface area contributed by atoms with Crippen LogP contribution in [0.1, 0.15) is 43.9 Å². The van der Waals surface area contributed by atoms with Crippen molar-refractivity contribution in [3.8, 4) is 11.5 Å². The number of ether oxygens (including phenoxy) is 3. The molecule has 2 aliphatic heterocycles. The van der Waals surface area contributed by atoms with Crippen LogP contribution in [-0.4, -0.2) is 44.6 Å². The van der Waals surface area contributed by atoms with E-state index in [1.54, 1.807) is 0 Å². The fraction of sp³-hybridized carbons (Fsp3) is 0.480. The molecule has 0 spiro atoms. The van der Waals surface area contributed by atoms with Gasteiger partial charge in [0.05, 0.1) is 6.54 Å². The molecule has 2 aromatic carbocycles. The number of fused-ring (bicyclic) bond motifs is 1. The van der Waals surface area contributed by atoms with Crippen LogP contribution < -0.4 is 25.4 Å². The van der Waals surface area contributed by atoms with Gasteiger partial charge in [0, 0.05) is 37.9 Å². The molecular formula is C25H35IN4O3. The van der Waals surface area contributed by atoms with Crippen LogP contribution in [0, 0.1) is 0 Å². The van der Waals surface area contributed by atoms with Crippen molar-refractivity contribution in [3.05, 3.63) is 59.7 Å². The third kappa shape index (κ3) is 6.97. The van der Waals surface area contributed by atoms with E-state index in [1.807, 2.05) is 18.2 Å². The van der Waals surface area contributed by atoms with Crippen LogP contribution in [0.15, 0.2) is 53.5 Å². The minimum atomic E-state index is -0.0531. The highest BCUT2D eigenvalue weighted by atomic mass is 127. The molecule has 2 aromatic rings. The molecule has 33 heavy (non-hydrogen) atoms. The molecule has 2 heterocycles. The molecule has 8 heteroatoms. The predicted molar refractivity (Wildman–Crippen MR) is 142 cm³/mol. The summed E-state index contributed by atoms with van der Waals surface area (Å²) in [6.45, 7) is 8.27. The van der Waals surface area contributed by atoms with E-state index in [-0.39, 0.29) is 42.4 Å². The summed E-state index contributed by atoms with van der Waals surface area (Å²) in [5.41, 5.74) is 2.33. The largest absolute Gasteiger partial charge is 0.454 e. The number of nitrogens with one attached hydrogen (secondary N) is 3. The molecule has 0 aliphatic carbocycles. The second kappa shape index (κ2) is 12.4. The lowest BCUT2D eigenvalue weighted by molar-refractivity contribution is 0.0355. The average Bonchev–Trinajstić information content (AvgIpc) is 3.30. The minimum absolute atomic E-state index is 0. The molecule has 2 aliphatic rings. The van der Waals surface area contributed by atoms with E-state index in [9.17, 15) is 0 Å². The van der Waals surface area contributed by atoms with E-state index in [0.717, 1.165) is 62.2 Å². The van der Waals surface area contributed by atoms with Gasteiger partial charge in [0.2, 0.25) is 6.79 Å². The Morgan fingerprint density at radius 1 is 1.03 bits per heavy atom. The Bertz CT molecular complexity index is 904. The molecule has 0 radical (unpaired) electrons. The van der Waals surface area contributed by atoms with E-state index >= 15 is 0 Å². The molecule has 1 unspecified atom stereocenters. The van der Waals surface area contributed by atoms with Gasteiger partial charge in [-0.3, -0.25) is 0 Å². The van der Waals surface area contributed by atoms with Crippen LogP contribution in [0.2, 0.25) is 0 Å². The third-order valence-corrected chi connectivity index (χ3v) is 6.07. The van der Waals surface area contributed by atoms with Crippen molar-refractivity contribution in [1.29, 1.82) is 0 Å². The fourth-order valence-electron chi connectivity index (χ4n) is 4.22. The molecule has 4 rings (SSSR count). The molecule has 3 N–H and O–H groups in total. The molecule has 7 nitrogen and oxygen atoms in total. The van der Waals surface area contributed by atoms with Gasteiger partial charge in [-0.05, 0) is 49.9 Å². The summed E-state index contributed by atoms with van der Waals surface area (Å²) in [5.74, 6) is 2.39. The molecule has 0 bridgehead atoms. The maximum absolute atomic E-state index is 5.67. The topological polar surface area (TPSA) is 76.1 Å². The Hall–Kier alpha value is -2.04. The number of aliphatic imine (C=N–C) groups is 1. The SMILES string of the molecule is CCNC(=NCc1ccc2c(c1)OCO2)NCC1(NC(C)c2ccccc2)CCOCC1.I. The van der Waals surface area contributed by atoms with E-state index in [0.29, 0.717) is 6.54 Å². The molecule has 0 amide bonds. The Morgan fingerprint density at radius 2 is 1.79 bits per heavy atom. The fourth-order valence-corrected chi connectivity index (χ4v) is 4.22. The maximum atomic E-state index is 5.67. The third-order valence-electron chi connectivity index (χ3n) is 6.07. The van der Waals surface area contributed by atoms with E-state index in [1.165, 1.54) is 5.56 Å². The van der Waals surface area contributed by atoms with Gasteiger partial charge in [0.15, 0.2) is 17.5 Å². The number of guanidine groups is 1. The quantitative estimate of drug-likeness (QED) is 0.255. The van der Waals surface area contributed by atoms with Gasteiger partial charge < -0.3 is 30.2 Å². The second-order valence-corrected chi connectivity index (χ2v) is 8.41. The van der Waals surface area contributed by atoms with Crippen LogP contribution >= 0.6 is 24.0 Å². The van der Waals surface area contributed by atoms with E-state index < -0.39 is 0 Å². The number of nitrogens with zero attached hydrogens (tertiary/aromatic N) is 1. The van der Waals surface area contributed by atoms with Crippen LogP contribution in [0.4, 0.5) is 0 Å². The van der Waals surface area contributed by atoms with Crippen molar-refractivity contribution in [3.63, 3.8) is 0 Å². The molecule has 1 atom stereocenters. The van der Waals surface area contributed by atoms with Gasteiger partial charge in [-0.25, -0.2) is 4.99 Å². The number of rotatable bonds is 8. The highest BCUT2D eigenvalue weighted by molar-refractivity contribution is 14.0. The van der Waals surface area contributed by atoms with Crippen molar-refractivity contribution in [2.24, 2.45) is 4.99 Å². The monoisotopic (exact) mass is 566 g/mol. The van der Waals surface area contributed by atoms with Crippen molar-refractivity contribution >= 4 is 29.9 Å². The van der Waals surface area contributed by atoms with Gasteiger partial charge in [-0.2, -0.15) is 0 Å². The van der Waals surface area contributed by atoms with Crippen LogP contribution in [0.25, 0.3) is 0 Å². The first-order valence-corrected chi connectivity index (χ1v) is 11.5. The Morgan fingerprint density at radius 3 is 2.55 bits per heavy atom. The first kappa shape index (κ1) is 25.6. The summed E-state index contributed by atoms with van der Waals surface area (Å²) in [6, 6.07) is 16.8. The van der Waals surface area contributed by atoms with Crippen molar-refractivity contribution in [2.75, 3.05) is 33.1 Å². The van der Waals surface area contributed by atoms with Gasteiger partial charge >= 0.3 is 0 Å². The summed E-state index contributed by atoms with van der Waals surface area (Å²) in [6.07, 6.45) is 1.91. The lowest BCUT2D eigenvalue weighted by Gasteiger charge is -2.41. The van der Waals surface area contributed by atoms with Crippen LogP contribution in [0.3, 0.4) is 0 Å². The molecular weight excluding hydrogens is 531 g/mol. The molecule has 0 aromatic heterocycles. The first-order valence-electron chi connectivity index (χ1n) is 11.5.